The molecule has 0 bridgehead atoms. The van der Waals surface area contributed by atoms with Gasteiger partial charge in [0, 0.05) is 37.8 Å². The summed E-state index contributed by atoms with van der Waals surface area (Å²) in [6.07, 6.45) is -0.0494. The highest BCUT2D eigenvalue weighted by atomic mass is 19.1. The molecule has 0 saturated carbocycles. The Kier molecular flexibility index (Phi) is 5.88. The molecule has 0 radical (unpaired) electrons. The van der Waals surface area contributed by atoms with E-state index in [1.165, 1.54) is 6.07 Å². The summed E-state index contributed by atoms with van der Waals surface area (Å²) in [5, 5.41) is 2.74. The molecule has 1 atom stereocenters. The fourth-order valence-corrected chi connectivity index (χ4v) is 3.71. The molecule has 8 nitrogen and oxygen atoms in total. The lowest BCUT2D eigenvalue weighted by molar-refractivity contribution is -0.0382. The maximum Gasteiger partial charge on any atom is 0.410 e. The molecule has 3 N–H and O–H groups in total. The van der Waals surface area contributed by atoms with Gasteiger partial charge in [0.1, 0.15) is 5.60 Å². The quantitative estimate of drug-likeness (QED) is 0.744. The maximum atomic E-state index is 14.7. The fourth-order valence-electron chi connectivity index (χ4n) is 3.71. The van der Waals surface area contributed by atoms with Gasteiger partial charge in [0.05, 0.1) is 30.6 Å². The minimum Gasteiger partial charge on any atom is -0.444 e. The molecule has 0 spiro atoms. The molecule has 0 unspecified atom stereocenters. The average Bonchev–Trinajstić information content (AvgIpc) is 2.64. The van der Waals surface area contributed by atoms with E-state index in [1.54, 1.807) is 16.8 Å². The van der Waals surface area contributed by atoms with E-state index in [0.717, 1.165) is 0 Å². The van der Waals surface area contributed by atoms with Crippen LogP contribution in [-0.4, -0.2) is 73.3 Å². The third-order valence-corrected chi connectivity index (χ3v) is 5.08. The van der Waals surface area contributed by atoms with Gasteiger partial charge in [-0.2, -0.15) is 0 Å². The van der Waals surface area contributed by atoms with Gasteiger partial charge < -0.3 is 25.4 Å². The maximum absolute atomic E-state index is 14.7. The minimum atomic E-state index is -0.611. The molecule has 160 valence electrons. The molecule has 2 heterocycles. The van der Waals surface area contributed by atoms with E-state index in [4.69, 9.17) is 15.2 Å². The van der Waals surface area contributed by atoms with Crippen molar-refractivity contribution < 1.29 is 23.5 Å². The van der Waals surface area contributed by atoms with Gasteiger partial charge in [-0.05, 0) is 33.3 Å². The van der Waals surface area contributed by atoms with Crippen LogP contribution in [0, 0.1) is 5.82 Å². The Morgan fingerprint density at radius 2 is 2.14 bits per heavy atom. The normalized spacial score (nSPS) is 19.8. The van der Waals surface area contributed by atoms with Crippen molar-refractivity contribution in [2.45, 2.75) is 38.8 Å². The number of nitrogens with two attached hydrogens (primary N) is 1. The predicted octanol–water partition coefficient (Wildman–Crippen LogP) is 2.08. The van der Waals surface area contributed by atoms with Crippen LogP contribution in [0.3, 0.4) is 0 Å². The van der Waals surface area contributed by atoms with Gasteiger partial charge in [0.25, 0.3) is 5.91 Å². The number of nitrogens with zero attached hydrogens (tertiary/aromatic N) is 2. The Labute approximate surface area is 170 Å². The molecular weight excluding hydrogens is 379 g/mol. The zero-order valence-corrected chi connectivity index (χ0v) is 17.4. The van der Waals surface area contributed by atoms with Crippen molar-refractivity contribution in [3.8, 4) is 0 Å². The molecular formula is C20H29FN4O4. The molecule has 1 fully saturated rings. The minimum absolute atomic E-state index is 0.190. The lowest BCUT2D eigenvalue weighted by Crippen LogP contribution is -2.56. The molecule has 2 aliphatic heterocycles. The zero-order valence-electron chi connectivity index (χ0n) is 17.4. The number of rotatable bonds is 3. The second-order valence-electron chi connectivity index (χ2n) is 8.33. The first-order valence-electron chi connectivity index (χ1n) is 9.77. The van der Waals surface area contributed by atoms with Gasteiger partial charge in [-0.1, -0.05) is 0 Å². The van der Waals surface area contributed by atoms with Crippen LogP contribution < -0.4 is 11.1 Å². The SMILES string of the molecule is CNc1c(N)cc2c(c1F)CCN(C[C@H]1COCCN1C(=O)OC(C)(C)C)C2=O. The lowest BCUT2D eigenvalue weighted by atomic mass is 9.96. The van der Waals surface area contributed by atoms with Crippen molar-refractivity contribution in [1.29, 1.82) is 0 Å². The molecule has 1 aromatic rings. The lowest BCUT2D eigenvalue weighted by Gasteiger charge is -2.40. The highest BCUT2D eigenvalue weighted by molar-refractivity contribution is 5.99. The number of benzene rings is 1. The van der Waals surface area contributed by atoms with Crippen LogP contribution >= 0.6 is 0 Å². The van der Waals surface area contributed by atoms with Crippen LogP contribution in [0.1, 0.15) is 36.7 Å². The number of anilines is 2. The summed E-state index contributed by atoms with van der Waals surface area (Å²) in [5.41, 5.74) is 6.33. The summed E-state index contributed by atoms with van der Waals surface area (Å²) >= 11 is 0. The van der Waals surface area contributed by atoms with Crippen molar-refractivity contribution in [3.05, 3.63) is 23.0 Å². The summed E-state index contributed by atoms with van der Waals surface area (Å²) in [5.74, 6) is -0.777. The summed E-state index contributed by atoms with van der Waals surface area (Å²) < 4.78 is 25.7. The smallest absolute Gasteiger partial charge is 0.410 e. The zero-order chi connectivity index (χ0) is 21.3. The highest BCUT2D eigenvalue weighted by Gasteiger charge is 2.35. The van der Waals surface area contributed by atoms with E-state index in [2.05, 4.69) is 5.32 Å². The third kappa shape index (κ3) is 4.39. The molecule has 1 aromatic carbocycles. The number of hydrogen-bond acceptors (Lipinski definition) is 6. The van der Waals surface area contributed by atoms with Gasteiger partial charge in [0.2, 0.25) is 0 Å². The van der Waals surface area contributed by atoms with Crippen LogP contribution in [0.5, 0.6) is 0 Å². The second-order valence-corrected chi connectivity index (χ2v) is 8.33. The van der Waals surface area contributed by atoms with Crippen LogP contribution in [0.15, 0.2) is 6.07 Å². The Balaban J connectivity index is 1.78. The van der Waals surface area contributed by atoms with Crippen molar-refractivity contribution in [2.75, 3.05) is 50.9 Å². The second kappa shape index (κ2) is 8.06. The van der Waals surface area contributed by atoms with Crippen LogP contribution in [0.25, 0.3) is 0 Å². The van der Waals surface area contributed by atoms with E-state index in [0.29, 0.717) is 38.3 Å². The van der Waals surface area contributed by atoms with Gasteiger partial charge in [-0.3, -0.25) is 9.69 Å². The van der Waals surface area contributed by atoms with Gasteiger partial charge in [-0.15, -0.1) is 0 Å². The molecule has 9 heteroatoms. The molecule has 2 amide bonds. The Bertz CT molecular complexity index is 809. The van der Waals surface area contributed by atoms with E-state index >= 15 is 0 Å². The van der Waals surface area contributed by atoms with Gasteiger partial charge >= 0.3 is 6.09 Å². The molecule has 0 aromatic heterocycles. The number of nitrogen functional groups attached to an aromatic ring is 1. The number of fused-ring (bicyclic) bond motifs is 1. The van der Waals surface area contributed by atoms with E-state index in [-0.39, 0.29) is 35.4 Å². The average molecular weight is 408 g/mol. The summed E-state index contributed by atoms with van der Waals surface area (Å²) in [4.78, 5) is 28.8. The summed E-state index contributed by atoms with van der Waals surface area (Å²) in [6.45, 7) is 7.19. The number of hydrogen-bond donors (Lipinski definition) is 2. The van der Waals surface area contributed by atoms with E-state index in [1.807, 2.05) is 20.8 Å². The number of amides is 2. The summed E-state index contributed by atoms with van der Waals surface area (Å²) in [7, 11) is 1.59. The predicted molar refractivity (Wildman–Crippen MR) is 108 cm³/mol. The standard InChI is InChI=1S/C20H29FN4O4/c1-20(2,3)29-19(27)25-7-8-28-11-12(25)10-24-6-5-13-14(18(24)26)9-15(22)17(23-4)16(13)21/h9,12,23H,5-8,10-11,22H2,1-4H3/t12-/m0/s1. The number of carbonyl (C=O) groups excluding carboxylic acids is 2. The Morgan fingerprint density at radius 1 is 1.41 bits per heavy atom. The van der Waals surface area contributed by atoms with Gasteiger partial charge in [-0.25, -0.2) is 9.18 Å². The fraction of sp³-hybridized carbons (Fsp3) is 0.600. The van der Waals surface area contributed by atoms with E-state index in [9.17, 15) is 14.0 Å². The van der Waals surface area contributed by atoms with Crippen molar-refractivity contribution in [3.63, 3.8) is 0 Å². The molecule has 3 rings (SSSR count). The largest absolute Gasteiger partial charge is 0.444 e. The molecule has 1 saturated heterocycles. The molecule has 2 aliphatic rings. The third-order valence-electron chi connectivity index (χ3n) is 5.08. The van der Waals surface area contributed by atoms with Crippen LogP contribution in [0.4, 0.5) is 20.6 Å². The Hall–Kier alpha value is -2.55. The number of morpholine rings is 1. The Morgan fingerprint density at radius 3 is 2.79 bits per heavy atom. The van der Waals surface area contributed by atoms with Crippen molar-refractivity contribution in [1.82, 2.24) is 9.80 Å². The molecule has 0 aliphatic carbocycles. The first kappa shape index (κ1) is 21.2. The van der Waals surface area contributed by atoms with Gasteiger partial charge in [0.15, 0.2) is 5.82 Å². The highest BCUT2D eigenvalue weighted by Crippen LogP contribution is 2.32. The number of carbonyl (C=O) groups is 2. The van der Waals surface area contributed by atoms with E-state index < -0.39 is 17.5 Å². The topological polar surface area (TPSA) is 97.1 Å². The van der Waals surface area contributed by atoms with Crippen molar-refractivity contribution >= 4 is 23.4 Å². The first-order chi connectivity index (χ1) is 13.6. The molecule has 29 heavy (non-hydrogen) atoms. The summed E-state index contributed by atoms with van der Waals surface area (Å²) in [6, 6.07) is 1.18. The van der Waals surface area contributed by atoms with Crippen molar-refractivity contribution in [2.24, 2.45) is 0 Å². The first-order valence-corrected chi connectivity index (χ1v) is 9.77. The number of halogens is 1. The van der Waals surface area contributed by atoms with Crippen LogP contribution in [0.2, 0.25) is 0 Å². The van der Waals surface area contributed by atoms with Crippen LogP contribution in [-0.2, 0) is 15.9 Å². The number of nitrogens with one attached hydrogen (secondary N) is 1. The number of ether oxygens (including phenoxy) is 2. The monoisotopic (exact) mass is 408 g/mol.